The molecule has 0 bridgehead atoms. The minimum atomic E-state index is -0.204. The van der Waals surface area contributed by atoms with Crippen molar-refractivity contribution in [3.05, 3.63) is 64.9 Å². The summed E-state index contributed by atoms with van der Waals surface area (Å²) in [6.07, 6.45) is 0. The number of aryl methyl sites for hydroxylation is 1. The van der Waals surface area contributed by atoms with Gasteiger partial charge in [-0.15, -0.1) is 0 Å². The summed E-state index contributed by atoms with van der Waals surface area (Å²) in [5.74, 6) is 0.891. The standard InChI is InChI=1S/C21H24N2O3/c1-14-18-11-17(25-4)9-10-19(18)26-20(14)21(24)22-12-15-7-5-6-8-16(15)13-23(2)3/h5-11H,12-13H2,1-4H3,(H,22,24)/p+1. The van der Waals surface area contributed by atoms with Crippen molar-refractivity contribution in [1.82, 2.24) is 5.32 Å². The van der Waals surface area contributed by atoms with Crippen molar-refractivity contribution in [1.29, 1.82) is 0 Å². The van der Waals surface area contributed by atoms with E-state index in [0.717, 1.165) is 28.8 Å². The maximum Gasteiger partial charge on any atom is 0.287 e. The third-order valence-corrected chi connectivity index (χ3v) is 4.45. The Kier molecular flexibility index (Phi) is 5.28. The van der Waals surface area contributed by atoms with Crippen LogP contribution in [0.3, 0.4) is 0 Å². The normalized spacial score (nSPS) is 11.1. The zero-order valence-corrected chi connectivity index (χ0v) is 15.7. The van der Waals surface area contributed by atoms with E-state index in [4.69, 9.17) is 9.15 Å². The quantitative estimate of drug-likeness (QED) is 0.715. The summed E-state index contributed by atoms with van der Waals surface area (Å²) < 4.78 is 11.0. The first kappa shape index (κ1) is 18.0. The molecular weight excluding hydrogens is 328 g/mol. The number of carbonyl (C=O) groups is 1. The fourth-order valence-electron chi connectivity index (χ4n) is 3.08. The van der Waals surface area contributed by atoms with E-state index in [-0.39, 0.29) is 5.91 Å². The van der Waals surface area contributed by atoms with E-state index < -0.39 is 0 Å². The Bertz CT molecular complexity index is 928. The summed E-state index contributed by atoms with van der Waals surface area (Å²) in [5, 5.41) is 3.88. The minimum Gasteiger partial charge on any atom is -0.497 e. The summed E-state index contributed by atoms with van der Waals surface area (Å²) in [6, 6.07) is 13.7. The van der Waals surface area contributed by atoms with Crippen molar-refractivity contribution in [3.8, 4) is 5.75 Å². The van der Waals surface area contributed by atoms with Crippen LogP contribution in [-0.2, 0) is 13.1 Å². The van der Waals surface area contributed by atoms with Crippen molar-refractivity contribution >= 4 is 16.9 Å². The Hall–Kier alpha value is -2.79. The number of fused-ring (bicyclic) bond motifs is 1. The van der Waals surface area contributed by atoms with Gasteiger partial charge in [0.25, 0.3) is 5.91 Å². The maximum absolute atomic E-state index is 12.7. The van der Waals surface area contributed by atoms with Crippen LogP contribution in [-0.4, -0.2) is 27.1 Å². The zero-order chi connectivity index (χ0) is 18.7. The molecule has 0 saturated heterocycles. The molecule has 0 spiro atoms. The number of nitrogens with one attached hydrogen (secondary N) is 2. The Balaban J connectivity index is 1.79. The Morgan fingerprint density at radius 3 is 2.58 bits per heavy atom. The van der Waals surface area contributed by atoms with E-state index in [2.05, 4.69) is 31.5 Å². The van der Waals surface area contributed by atoms with Gasteiger partial charge in [-0.1, -0.05) is 24.3 Å². The molecule has 0 saturated carbocycles. The molecule has 0 radical (unpaired) electrons. The van der Waals surface area contributed by atoms with Gasteiger partial charge >= 0.3 is 0 Å². The molecule has 2 aromatic carbocycles. The summed E-state index contributed by atoms with van der Waals surface area (Å²) in [4.78, 5) is 14.0. The van der Waals surface area contributed by atoms with Crippen LogP contribution in [0.4, 0.5) is 0 Å². The summed E-state index contributed by atoms with van der Waals surface area (Å²) in [7, 11) is 5.85. The highest BCUT2D eigenvalue weighted by atomic mass is 16.5. The number of hydrogen-bond donors (Lipinski definition) is 2. The van der Waals surface area contributed by atoms with E-state index in [1.54, 1.807) is 7.11 Å². The molecular formula is C21H25N2O3+. The van der Waals surface area contributed by atoms with Crippen LogP contribution in [0.1, 0.15) is 27.2 Å². The Morgan fingerprint density at radius 2 is 1.88 bits per heavy atom. The lowest BCUT2D eigenvalue weighted by Gasteiger charge is -2.12. The summed E-state index contributed by atoms with van der Waals surface area (Å²) in [6.45, 7) is 3.28. The molecule has 3 rings (SSSR count). The molecule has 136 valence electrons. The van der Waals surface area contributed by atoms with Crippen molar-refractivity contribution < 1.29 is 18.8 Å². The predicted octanol–water partition coefficient (Wildman–Crippen LogP) is 2.32. The van der Waals surface area contributed by atoms with Crippen LogP contribution in [0.15, 0.2) is 46.9 Å². The number of ether oxygens (including phenoxy) is 1. The highest BCUT2D eigenvalue weighted by Crippen LogP contribution is 2.28. The molecule has 5 nitrogen and oxygen atoms in total. The van der Waals surface area contributed by atoms with Gasteiger partial charge in [0.1, 0.15) is 17.9 Å². The lowest BCUT2D eigenvalue weighted by Crippen LogP contribution is -3.04. The molecule has 26 heavy (non-hydrogen) atoms. The largest absolute Gasteiger partial charge is 0.497 e. The Morgan fingerprint density at radius 1 is 1.15 bits per heavy atom. The number of benzene rings is 2. The van der Waals surface area contributed by atoms with Crippen LogP contribution in [0.2, 0.25) is 0 Å². The van der Waals surface area contributed by atoms with Gasteiger partial charge in [-0.2, -0.15) is 0 Å². The average Bonchev–Trinajstić information content (AvgIpc) is 2.96. The maximum atomic E-state index is 12.7. The van der Waals surface area contributed by atoms with Gasteiger partial charge < -0.3 is 19.4 Å². The third-order valence-electron chi connectivity index (χ3n) is 4.45. The number of carbonyl (C=O) groups excluding carboxylic acids is 1. The SMILES string of the molecule is COc1ccc2oc(C(=O)NCc3ccccc3C[NH+](C)C)c(C)c2c1. The molecule has 5 heteroatoms. The van der Waals surface area contributed by atoms with Crippen LogP contribution >= 0.6 is 0 Å². The van der Waals surface area contributed by atoms with Crippen LogP contribution in [0, 0.1) is 6.92 Å². The summed E-state index contributed by atoms with van der Waals surface area (Å²) >= 11 is 0. The third kappa shape index (κ3) is 3.73. The van der Waals surface area contributed by atoms with Gasteiger partial charge in [0.05, 0.1) is 21.2 Å². The topological polar surface area (TPSA) is 55.9 Å². The van der Waals surface area contributed by atoms with E-state index in [9.17, 15) is 4.79 Å². The number of furan rings is 1. The van der Waals surface area contributed by atoms with Gasteiger partial charge in [-0.25, -0.2) is 0 Å². The van der Waals surface area contributed by atoms with Gasteiger partial charge in [0, 0.05) is 23.1 Å². The number of hydrogen-bond acceptors (Lipinski definition) is 3. The number of quaternary nitrogens is 1. The van der Waals surface area contributed by atoms with Crippen LogP contribution in [0.25, 0.3) is 11.0 Å². The first-order chi connectivity index (χ1) is 12.5. The molecule has 0 aliphatic rings. The van der Waals surface area contributed by atoms with Gasteiger partial charge in [-0.05, 0) is 30.7 Å². The number of amides is 1. The number of rotatable bonds is 6. The molecule has 1 amide bonds. The molecule has 0 atom stereocenters. The molecule has 3 aromatic rings. The number of methoxy groups -OCH3 is 1. The fourth-order valence-corrected chi connectivity index (χ4v) is 3.08. The first-order valence-electron chi connectivity index (χ1n) is 8.70. The second-order valence-corrected chi connectivity index (χ2v) is 6.75. The second-order valence-electron chi connectivity index (χ2n) is 6.75. The van der Waals surface area contributed by atoms with Gasteiger partial charge in [0.15, 0.2) is 5.76 Å². The molecule has 0 aliphatic heterocycles. The second kappa shape index (κ2) is 7.62. The highest BCUT2D eigenvalue weighted by molar-refractivity contribution is 5.99. The van der Waals surface area contributed by atoms with Crippen LogP contribution < -0.4 is 15.0 Å². The van der Waals surface area contributed by atoms with Crippen molar-refractivity contribution in [2.75, 3.05) is 21.2 Å². The zero-order valence-electron chi connectivity index (χ0n) is 15.7. The van der Waals surface area contributed by atoms with E-state index in [0.29, 0.717) is 17.9 Å². The summed E-state index contributed by atoms with van der Waals surface area (Å²) in [5.41, 5.74) is 3.86. The molecule has 0 fully saturated rings. The smallest absolute Gasteiger partial charge is 0.287 e. The lowest BCUT2D eigenvalue weighted by atomic mass is 10.1. The fraction of sp³-hybridized carbons (Fsp3) is 0.286. The molecule has 0 unspecified atom stereocenters. The first-order valence-corrected chi connectivity index (χ1v) is 8.70. The predicted molar refractivity (Wildman–Crippen MR) is 102 cm³/mol. The van der Waals surface area contributed by atoms with Gasteiger partial charge in [0.2, 0.25) is 0 Å². The van der Waals surface area contributed by atoms with Crippen molar-refractivity contribution in [2.45, 2.75) is 20.0 Å². The highest BCUT2D eigenvalue weighted by Gasteiger charge is 2.18. The van der Waals surface area contributed by atoms with E-state index in [1.807, 2.05) is 37.3 Å². The minimum absolute atomic E-state index is 0.204. The van der Waals surface area contributed by atoms with Crippen molar-refractivity contribution in [3.63, 3.8) is 0 Å². The molecule has 0 aliphatic carbocycles. The van der Waals surface area contributed by atoms with E-state index >= 15 is 0 Å². The van der Waals surface area contributed by atoms with Gasteiger partial charge in [-0.3, -0.25) is 4.79 Å². The van der Waals surface area contributed by atoms with E-state index in [1.165, 1.54) is 10.5 Å². The van der Waals surface area contributed by atoms with Crippen LogP contribution in [0.5, 0.6) is 5.75 Å². The molecule has 1 aromatic heterocycles. The average molecular weight is 353 g/mol. The monoisotopic (exact) mass is 353 g/mol. The van der Waals surface area contributed by atoms with Crippen molar-refractivity contribution in [2.24, 2.45) is 0 Å². The molecule has 1 heterocycles. The Labute approximate surface area is 153 Å². The lowest BCUT2D eigenvalue weighted by molar-refractivity contribution is -0.872. The molecule has 2 N–H and O–H groups in total.